The molecule has 4 nitrogen and oxygen atoms in total. The number of benzene rings is 2. The first-order valence-electron chi connectivity index (χ1n) is 10.4. The first-order valence-corrected chi connectivity index (χ1v) is 10.4. The van der Waals surface area contributed by atoms with Crippen LogP contribution in [0.4, 0.5) is 0 Å². The van der Waals surface area contributed by atoms with Crippen molar-refractivity contribution in [2.75, 3.05) is 39.3 Å². The molecule has 3 rings (SSSR count). The molecule has 1 aliphatic heterocycles. The summed E-state index contributed by atoms with van der Waals surface area (Å²) in [6.07, 6.45) is 3.52. The third kappa shape index (κ3) is 6.74. The van der Waals surface area contributed by atoms with Gasteiger partial charge in [0.05, 0.1) is 0 Å². The molecule has 4 N–H and O–H groups in total. The average Bonchev–Trinajstić information content (AvgIpc) is 2.71. The molecule has 0 aromatic heterocycles. The maximum absolute atomic E-state index is 3.62. The van der Waals surface area contributed by atoms with E-state index in [-0.39, 0.29) is 0 Å². The van der Waals surface area contributed by atoms with Crippen molar-refractivity contribution in [3.8, 4) is 11.1 Å². The van der Waals surface area contributed by atoms with Gasteiger partial charge in [0, 0.05) is 13.1 Å². The van der Waals surface area contributed by atoms with Crippen LogP contribution in [-0.4, -0.2) is 39.3 Å². The van der Waals surface area contributed by atoms with Gasteiger partial charge in [0.1, 0.15) is 0 Å². The number of hydrogen-bond acceptors (Lipinski definition) is 4. The monoisotopic (exact) mass is 366 g/mol. The standard InChI is InChI=1S/C23H34N4/c1-3-10-22-20(8-1)18-26-16-6-14-24-12-5-13-25-15-7-17-27-19-21-9-2-4-11-23(21)22/h1-4,8-11,24-27H,5-7,12-19H2. The van der Waals surface area contributed by atoms with Crippen molar-refractivity contribution in [2.45, 2.75) is 32.4 Å². The van der Waals surface area contributed by atoms with Gasteiger partial charge in [-0.05, 0) is 80.8 Å². The molecule has 0 saturated heterocycles. The second kappa shape index (κ2) is 11.9. The van der Waals surface area contributed by atoms with Crippen LogP contribution in [0.2, 0.25) is 0 Å². The van der Waals surface area contributed by atoms with Crippen molar-refractivity contribution < 1.29 is 0 Å². The SMILES string of the molecule is c1ccc2c(c1)CNCCCNCCCNCCCNCc1ccccc1-2. The number of nitrogens with one attached hydrogen (secondary N) is 4. The van der Waals surface area contributed by atoms with E-state index in [0.29, 0.717) is 0 Å². The first kappa shape index (κ1) is 20.0. The second-order valence-corrected chi connectivity index (χ2v) is 7.23. The lowest BCUT2D eigenvalue weighted by Crippen LogP contribution is -2.26. The van der Waals surface area contributed by atoms with E-state index in [4.69, 9.17) is 0 Å². The van der Waals surface area contributed by atoms with E-state index in [1.807, 2.05) is 0 Å². The van der Waals surface area contributed by atoms with Crippen molar-refractivity contribution >= 4 is 0 Å². The minimum atomic E-state index is 0.919. The molecule has 2 aromatic carbocycles. The van der Waals surface area contributed by atoms with Crippen LogP contribution in [0.1, 0.15) is 30.4 Å². The Labute approximate surface area is 164 Å². The molecule has 1 heterocycles. The van der Waals surface area contributed by atoms with Gasteiger partial charge in [-0.15, -0.1) is 0 Å². The van der Waals surface area contributed by atoms with E-state index in [9.17, 15) is 0 Å². The number of fused-ring (bicyclic) bond motifs is 3. The Kier molecular flexibility index (Phi) is 8.81. The van der Waals surface area contributed by atoms with E-state index >= 15 is 0 Å². The zero-order valence-corrected chi connectivity index (χ0v) is 16.4. The Morgan fingerprint density at radius 1 is 0.444 bits per heavy atom. The van der Waals surface area contributed by atoms with Gasteiger partial charge in [0.2, 0.25) is 0 Å². The minimum Gasteiger partial charge on any atom is -0.317 e. The molecule has 1 aliphatic rings. The quantitative estimate of drug-likeness (QED) is 0.579. The van der Waals surface area contributed by atoms with Crippen LogP contribution in [0.5, 0.6) is 0 Å². The third-order valence-electron chi connectivity index (χ3n) is 5.08. The highest BCUT2D eigenvalue weighted by molar-refractivity contribution is 5.70. The smallest absolute Gasteiger partial charge is 0.0211 e. The molecule has 0 amide bonds. The maximum Gasteiger partial charge on any atom is 0.0211 e. The molecule has 2 aromatic rings. The van der Waals surface area contributed by atoms with Crippen LogP contribution in [0.15, 0.2) is 48.5 Å². The molecular formula is C23H34N4. The Bertz CT molecular complexity index is 613. The summed E-state index contributed by atoms with van der Waals surface area (Å²) in [7, 11) is 0. The van der Waals surface area contributed by atoms with E-state index in [1.54, 1.807) is 0 Å². The van der Waals surface area contributed by atoms with Crippen LogP contribution in [0.3, 0.4) is 0 Å². The molecule has 0 aliphatic carbocycles. The zero-order chi connectivity index (χ0) is 18.6. The highest BCUT2D eigenvalue weighted by Gasteiger charge is 2.09. The fraction of sp³-hybridized carbons (Fsp3) is 0.478. The van der Waals surface area contributed by atoms with Crippen LogP contribution >= 0.6 is 0 Å². The van der Waals surface area contributed by atoms with Gasteiger partial charge in [-0.1, -0.05) is 48.5 Å². The van der Waals surface area contributed by atoms with Crippen molar-refractivity contribution in [3.63, 3.8) is 0 Å². The van der Waals surface area contributed by atoms with Crippen molar-refractivity contribution in [2.24, 2.45) is 0 Å². The van der Waals surface area contributed by atoms with E-state index < -0.39 is 0 Å². The topological polar surface area (TPSA) is 48.1 Å². The Hall–Kier alpha value is -1.72. The van der Waals surface area contributed by atoms with Crippen LogP contribution in [-0.2, 0) is 13.1 Å². The van der Waals surface area contributed by atoms with Gasteiger partial charge in [0.15, 0.2) is 0 Å². The van der Waals surface area contributed by atoms with Gasteiger partial charge in [0.25, 0.3) is 0 Å². The molecular weight excluding hydrogens is 332 g/mol. The number of hydrogen-bond donors (Lipinski definition) is 4. The van der Waals surface area contributed by atoms with E-state index in [1.165, 1.54) is 28.7 Å². The molecule has 0 saturated carbocycles. The average molecular weight is 367 g/mol. The van der Waals surface area contributed by atoms with Crippen LogP contribution in [0, 0.1) is 0 Å². The molecule has 27 heavy (non-hydrogen) atoms. The van der Waals surface area contributed by atoms with Crippen molar-refractivity contribution in [1.82, 2.24) is 21.3 Å². The fourth-order valence-electron chi connectivity index (χ4n) is 3.59. The fourth-order valence-corrected chi connectivity index (χ4v) is 3.59. The maximum atomic E-state index is 3.62. The summed E-state index contributed by atoms with van der Waals surface area (Å²) in [6.45, 7) is 8.30. The van der Waals surface area contributed by atoms with Crippen LogP contribution < -0.4 is 21.3 Å². The molecule has 4 heteroatoms. The van der Waals surface area contributed by atoms with E-state index in [0.717, 1.165) is 65.2 Å². The highest BCUT2D eigenvalue weighted by Crippen LogP contribution is 2.27. The Morgan fingerprint density at radius 2 is 0.815 bits per heavy atom. The van der Waals surface area contributed by atoms with Gasteiger partial charge in [-0.25, -0.2) is 0 Å². The summed E-state index contributed by atoms with van der Waals surface area (Å²) in [6, 6.07) is 17.6. The molecule has 0 spiro atoms. The summed E-state index contributed by atoms with van der Waals surface area (Å²) < 4.78 is 0. The highest BCUT2D eigenvalue weighted by atomic mass is 14.9. The van der Waals surface area contributed by atoms with Crippen molar-refractivity contribution in [3.05, 3.63) is 59.7 Å². The largest absolute Gasteiger partial charge is 0.317 e. The molecule has 0 unspecified atom stereocenters. The summed E-state index contributed by atoms with van der Waals surface area (Å²) in [5.41, 5.74) is 5.44. The Morgan fingerprint density at radius 3 is 1.26 bits per heavy atom. The van der Waals surface area contributed by atoms with Crippen LogP contribution in [0.25, 0.3) is 11.1 Å². The predicted molar refractivity (Wildman–Crippen MR) is 115 cm³/mol. The lowest BCUT2D eigenvalue weighted by Gasteiger charge is -2.15. The minimum absolute atomic E-state index is 0.919. The van der Waals surface area contributed by atoms with Gasteiger partial charge < -0.3 is 21.3 Å². The van der Waals surface area contributed by atoms with Gasteiger partial charge in [-0.2, -0.15) is 0 Å². The van der Waals surface area contributed by atoms with E-state index in [2.05, 4.69) is 69.8 Å². The molecule has 146 valence electrons. The first-order chi connectivity index (χ1) is 13.4. The summed E-state index contributed by atoms with van der Waals surface area (Å²) >= 11 is 0. The summed E-state index contributed by atoms with van der Waals surface area (Å²) in [4.78, 5) is 0. The molecule has 0 atom stereocenters. The molecule has 0 bridgehead atoms. The summed E-state index contributed by atoms with van der Waals surface area (Å²) in [5.74, 6) is 0. The predicted octanol–water partition coefficient (Wildman–Crippen LogP) is 2.90. The van der Waals surface area contributed by atoms with Gasteiger partial charge >= 0.3 is 0 Å². The second-order valence-electron chi connectivity index (χ2n) is 7.23. The zero-order valence-electron chi connectivity index (χ0n) is 16.4. The normalized spacial score (nSPS) is 18.4. The lowest BCUT2D eigenvalue weighted by atomic mass is 9.95. The van der Waals surface area contributed by atoms with Gasteiger partial charge in [-0.3, -0.25) is 0 Å². The summed E-state index contributed by atoms with van der Waals surface area (Å²) in [5, 5.41) is 14.3. The lowest BCUT2D eigenvalue weighted by molar-refractivity contribution is 0.552. The third-order valence-corrected chi connectivity index (χ3v) is 5.08. The Balaban J connectivity index is 1.71. The van der Waals surface area contributed by atoms with Crippen molar-refractivity contribution in [1.29, 1.82) is 0 Å². The molecule has 0 fully saturated rings. The number of rotatable bonds is 0. The molecule has 0 radical (unpaired) electrons.